The van der Waals surface area contributed by atoms with Crippen molar-refractivity contribution < 1.29 is 37.9 Å². The van der Waals surface area contributed by atoms with Crippen LogP contribution in [0, 0.1) is 6.92 Å². The highest BCUT2D eigenvalue weighted by molar-refractivity contribution is 7.46. The van der Waals surface area contributed by atoms with Crippen molar-refractivity contribution in [3.8, 4) is 11.5 Å². The van der Waals surface area contributed by atoms with Gasteiger partial charge in [0, 0.05) is 30.0 Å². The average Bonchev–Trinajstić information content (AvgIpc) is 2.78. The molecule has 0 saturated carbocycles. The molecule has 1 unspecified atom stereocenters. The quantitative estimate of drug-likeness (QED) is 0.135. The van der Waals surface area contributed by atoms with Crippen LogP contribution in [0.3, 0.4) is 0 Å². The van der Waals surface area contributed by atoms with Gasteiger partial charge < -0.3 is 29.3 Å². The second kappa shape index (κ2) is 12.5. The highest BCUT2D eigenvalue weighted by Crippen LogP contribution is 2.36. The van der Waals surface area contributed by atoms with E-state index < -0.39 is 20.7 Å². The number of rotatable bonds is 11. The number of benzene rings is 1. The molecule has 1 aromatic carbocycles. The van der Waals surface area contributed by atoms with Crippen LogP contribution < -0.4 is 14.8 Å². The van der Waals surface area contributed by atoms with Crippen LogP contribution in [0.4, 0.5) is 0 Å². The number of amides is 1. The van der Waals surface area contributed by atoms with Gasteiger partial charge in [0.05, 0.1) is 31.6 Å². The van der Waals surface area contributed by atoms with E-state index in [1.54, 1.807) is 49.5 Å². The fraction of sp³-hybridized carbons (Fsp3) is 0.273. The van der Waals surface area contributed by atoms with Crippen molar-refractivity contribution in [2.45, 2.75) is 19.9 Å². The third-order valence-electron chi connectivity index (χ3n) is 4.49. The number of nitrogens with zero attached hydrogens (tertiary/aromatic N) is 1. The fourth-order valence-corrected chi connectivity index (χ4v) is 3.49. The molecule has 0 fully saturated rings. The second-order valence-electron chi connectivity index (χ2n) is 6.90. The first-order chi connectivity index (χ1) is 16.1. The van der Waals surface area contributed by atoms with Crippen LogP contribution in [0.2, 0.25) is 0 Å². The number of aromatic nitrogens is 1. The van der Waals surface area contributed by atoms with Gasteiger partial charge in [-0.2, -0.15) is 0 Å². The van der Waals surface area contributed by atoms with E-state index in [-0.39, 0.29) is 5.91 Å². The lowest BCUT2D eigenvalue weighted by atomic mass is 9.97. The maximum Gasteiger partial charge on any atom is 0.472 e. The fourth-order valence-electron chi connectivity index (χ4n) is 2.97. The van der Waals surface area contributed by atoms with Gasteiger partial charge in [-0.05, 0) is 36.8 Å². The van der Waals surface area contributed by atoms with Gasteiger partial charge in [-0.15, -0.1) is 0 Å². The van der Waals surface area contributed by atoms with Gasteiger partial charge in [-0.1, -0.05) is 23.7 Å². The summed E-state index contributed by atoms with van der Waals surface area (Å²) < 4.78 is 31.2. The SMILES string of the molecule is COc1ccc(C(NC(C)=O)C(=C\OCOP(=O)(O)O)/C=C(/Cl)c2cccnc2C)cc1OC. The van der Waals surface area contributed by atoms with Gasteiger partial charge in [0.2, 0.25) is 5.91 Å². The first-order valence-corrected chi connectivity index (χ1v) is 11.8. The summed E-state index contributed by atoms with van der Waals surface area (Å²) in [6.07, 6.45) is 4.38. The van der Waals surface area contributed by atoms with Crippen molar-refractivity contribution in [2.75, 3.05) is 21.0 Å². The van der Waals surface area contributed by atoms with E-state index >= 15 is 0 Å². The monoisotopic (exact) mass is 512 g/mol. The highest BCUT2D eigenvalue weighted by Gasteiger charge is 2.21. The summed E-state index contributed by atoms with van der Waals surface area (Å²) >= 11 is 6.58. The molecule has 0 aliphatic carbocycles. The summed E-state index contributed by atoms with van der Waals surface area (Å²) in [5.41, 5.74) is 2.28. The third-order valence-corrected chi connectivity index (χ3v) is 5.24. The smallest absolute Gasteiger partial charge is 0.472 e. The zero-order valence-corrected chi connectivity index (χ0v) is 20.7. The van der Waals surface area contributed by atoms with Gasteiger partial charge in [0.1, 0.15) is 0 Å². The van der Waals surface area contributed by atoms with Crippen molar-refractivity contribution in [3.63, 3.8) is 0 Å². The Morgan fingerprint density at radius 3 is 2.53 bits per heavy atom. The maximum absolute atomic E-state index is 12.1. The molecule has 0 spiro atoms. The van der Waals surface area contributed by atoms with Crippen molar-refractivity contribution in [1.82, 2.24) is 10.3 Å². The predicted octanol–water partition coefficient (Wildman–Crippen LogP) is 3.83. The van der Waals surface area contributed by atoms with E-state index in [2.05, 4.69) is 14.8 Å². The van der Waals surface area contributed by atoms with Crippen molar-refractivity contribution >= 4 is 30.4 Å². The standard InChI is InChI=1S/C22H26ClN2O8P/c1-14-18(6-5-9-24-14)19(23)10-17(12-32-13-33-34(27,28)29)22(25-15(2)26)16-7-8-20(30-3)21(11-16)31-4/h5-12,22H,13H2,1-4H3,(H,25,26)(H2,27,28,29)/b17-12-,19-10+. The zero-order valence-electron chi connectivity index (χ0n) is 19.0. The summed E-state index contributed by atoms with van der Waals surface area (Å²) in [6, 6.07) is 7.80. The number of phosphoric acid groups is 1. The summed E-state index contributed by atoms with van der Waals surface area (Å²) in [6.45, 7) is 2.41. The summed E-state index contributed by atoms with van der Waals surface area (Å²) in [5, 5.41) is 3.12. The Balaban J connectivity index is 2.56. The van der Waals surface area contributed by atoms with Gasteiger partial charge in [-0.3, -0.25) is 9.78 Å². The Bertz CT molecular complexity index is 1120. The Morgan fingerprint density at radius 1 is 1.24 bits per heavy atom. The Hall–Kier alpha value is -2.88. The maximum atomic E-state index is 12.1. The van der Waals surface area contributed by atoms with Crippen LogP contribution in [0.25, 0.3) is 5.03 Å². The van der Waals surface area contributed by atoms with E-state index in [9.17, 15) is 9.36 Å². The molecule has 0 radical (unpaired) electrons. The van der Waals surface area contributed by atoms with E-state index in [0.717, 1.165) is 0 Å². The molecule has 1 atom stereocenters. The molecule has 12 heteroatoms. The Kier molecular flexibility index (Phi) is 10.1. The zero-order chi connectivity index (χ0) is 25.3. The van der Waals surface area contributed by atoms with Gasteiger partial charge >= 0.3 is 7.82 Å². The number of phosphoric ester groups is 1. The molecule has 1 amide bonds. The van der Waals surface area contributed by atoms with Crippen molar-refractivity contribution in [1.29, 1.82) is 0 Å². The topological polar surface area (TPSA) is 136 Å². The molecule has 0 aliphatic heterocycles. The number of nitrogens with one attached hydrogen (secondary N) is 1. The first-order valence-electron chi connectivity index (χ1n) is 9.85. The van der Waals surface area contributed by atoms with Crippen molar-refractivity contribution in [3.05, 3.63) is 71.3 Å². The van der Waals surface area contributed by atoms with E-state index in [1.807, 2.05) is 0 Å². The van der Waals surface area contributed by atoms with Crippen LogP contribution in [-0.4, -0.2) is 41.7 Å². The van der Waals surface area contributed by atoms with Crippen LogP contribution >= 0.6 is 19.4 Å². The van der Waals surface area contributed by atoms with Gasteiger partial charge in [0.25, 0.3) is 0 Å². The molecule has 0 bridgehead atoms. The average molecular weight is 513 g/mol. The molecule has 34 heavy (non-hydrogen) atoms. The number of methoxy groups -OCH3 is 2. The van der Waals surface area contributed by atoms with Gasteiger partial charge in [-0.25, -0.2) is 9.09 Å². The molecule has 2 rings (SSSR count). The molecule has 10 nitrogen and oxygen atoms in total. The molecule has 2 aromatic rings. The predicted molar refractivity (Wildman–Crippen MR) is 126 cm³/mol. The van der Waals surface area contributed by atoms with Gasteiger partial charge in [0.15, 0.2) is 18.3 Å². The van der Waals surface area contributed by atoms with E-state index in [0.29, 0.717) is 38.9 Å². The number of pyridine rings is 1. The summed E-state index contributed by atoms with van der Waals surface area (Å²) in [7, 11) is -1.75. The van der Waals surface area contributed by atoms with E-state index in [1.165, 1.54) is 27.4 Å². The molecule has 0 aliphatic rings. The molecule has 3 N–H and O–H groups in total. The van der Waals surface area contributed by atoms with Crippen LogP contribution in [-0.2, 0) is 18.6 Å². The third kappa shape index (κ3) is 8.16. The van der Waals surface area contributed by atoms with Crippen LogP contribution in [0.15, 0.2) is 54.4 Å². The minimum atomic E-state index is -4.74. The lowest BCUT2D eigenvalue weighted by Gasteiger charge is -2.22. The number of hydrogen-bond donors (Lipinski definition) is 3. The molecular weight excluding hydrogens is 487 g/mol. The lowest BCUT2D eigenvalue weighted by Crippen LogP contribution is -2.27. The van der Waals surface area contributed by atoms with Crippen molar-refractivity contribution in [2.24, 2.45) is 0 Å². The Labute approximate surface area is 202 Å². The minimum Gasteiger partial charge on any atom is -0.493 e. The number of ether oxygens (including phenoxy) is 3. The summed E-state index contributed by atoms with van der Waals surface area (Å²) in [4.78, 5) is 34.0. The molecule has 1 aromatic heterocycles. The van der Waals surface area contributed by atoms with E-state index in [4.69, 9.17) is 35.6 Å². The number of carbonyl (C=O) groups excluding carboxylic acids is 1. The number of hydrogen-bond acceptors (Lipinski definition) is 7. The lowest BCUT2D eigenvalue weighted by molar-refractivity contribution is -0.119. The number of carbonyl (C=O) groups is 1. The number of halogens is 1. The highest BCUT2D eigenvalue weighted by atomic mass is 35.5. The van der Waals surface area contributed by atoms with Crippen LogP contribution in [0.1, 0.15) is 29.8 Å². The molecule has 1 heterocycles. The second-order valence-corrected chi connectivity index (χ2v) is 8.55. The largest absolute Gasteiger partial charge is 0.493 e. The minimum absolute atomic E-state index is 0.298. The normalized spacial score (nSPS) is 13.3. The molecular formula is C22H26ClN2O8P. The van der Waals surface area contributed by atoms with Crippen LogP contribution in [0.5, 0.6) is 11.5 Å². The Morgan fingerprint density at radius 2 is 1.94 bits per heavy atom. The molecule has 0 saturated heterocycles. The number of aryl methyl sites for hydroxylation is 1. The first kappa shape index (κ1) is 27.4. The summed E-state index contributed by atoms with van der Waals surface area (Å²) in [5.74, 6) is 0.571. The molecule has 184 valence electrons.